The highest BCUT2D eigenvalue weighted by Gasteiger charge is 2.33. The zero-order valence-corrected chi connectivity index (χ0v) is 29.7. The number of benzene rings is 2. The number of amides is 2. The van der Waals surface area contributed by atoms with Crippen LogP contribution in [0.3, 0.4) is 0 Å². The zero-order valence-electron chi connectivity index (χ0n) is 29.7. The maximum atomic E-state index is 13.5. The number of esters is 1. The van der Waals surface area contributed by atoms with Crippen LogP contribution in [0.4, 0.5) is 5.69 Å². The largest absolute Gasteiger partial charge is 0.508 e. The summed E-state index contributed by atoms with van der Waals surface area (Å²) >= 11 is 0. The number of phenols is 1. The molecule has 14 nitrogen and oxygen atoms in total. The maximum Gasteiger partial charge on any atom is 0.308 e. The number of aromatic nitrogens is 1. The van der Waals surface area contributed by atoms with Crippen LogP contribution in [0, 0.1) is 5.92 Å². The minimum absolute atomic E-state index is 0.0791. The van der Waals surface area contributed by atoms with E-state index in [4.69, 9.17) is 4.74 Å². The predicted molar refractivity (Wildman–Crippen MR) is 190 cm³/mol. The molecule has 0 aliphatic rings. The third-order valence-electron chi connectivity index (χ3n) is 7.79. The number of phenolic OH excluding ortho intramolecular Hbond substituents is 1. The first-order valence-corrected chi connectivity index (χ1v) is 16.7. The molecule has 7 atom stereocenters. The summed E-state index contributed by atoms with van der Waals surface area (Å²) in [6.45, 7) is 11.6. The Hall–Kier alpha value is -4.34. The molecule has 50 heavy (non-hydrogen) atoms. The van der Waals surface area contributed by atoms with Gasteiger partial charge in [0.05, 0.1) is 36.1 Å². The van der Waals surface area contributed by atoms with Gasteiger partial charge < -0.3 is 41.1 Å². The van der Waals surface area contributed by atoms with Crippen molar-refractivity contribution in [2.75, 3.05) is 5.32 Å². The van der Waals surface area contributed by atoms with Gasteiger partial charge in [-0.2, -0.15) is 0 Å². The Morgan fingerprint density at radius 1 is 0.860 bits per heavy atom. The molecule has 2 amide bonds. The lowest BCUT2D eigenvalue weighted by atomic mass is 10.00. The molecule has 0 bridgehead atoms. The molecule has 0 radical (unpaired) electrons. The van der Waals surface area contributed by atoms with Crippen molar-refractivity contribution >= 4 is 34.4 Å². The van der Waals surface area contributed by atoms with Crippen LogP contribution in [-0.4, -0.2) is 91.6 Å². The number of rotatable bonds is 17. The molecular weight excluding hydrogens is 644 g/mol. The molecule has 3 aromatic rings. The van der Waals surface area contributed by atoms with E-state index in [1.165, 1.54) is 19.1 Å². The van der Waals surface area contributed by atoms with E-state index in [0.29, 0.717) is 5.69 Å². The molecule has 0 aliphatic carbocycles. The third-order valence-corrected chi connectivity index (χ3v) is 7.79. The number of pyridine rings is 1. The van der Waals surface area contributed by atoms with Crippen LogP contribution in [-0.2, 0) is 25.5 Å². The smallest absolute Gasteiger partial charge is 0.308 e. The minimum Gasteiger partial charge on any atom is -0.508 e. The number of carbonyl (C=O) groups excluding carboxylic acids is 3. The molecule has 1 aromatic heterocycles. The number of aromatic hydroxyl groups is 1. The van der Waals surface area contributed by atoms with Gasteiger partial charge >= 0.3 is 5.97 Å². The molecule has 9 N–H and O–H groups in total. The summed E-state index contributed by atoms with van der Waals surface area (Å²) in [6, 6.07) is 11.6. The van der Waals surface area contributed by atoms with Crippen LogP contribution < -0.4 is 26.6 Å². The fourth-order valence-corrected chi connectivity index (χ4v) is 5.28. The minimum atomic E-state index is -1.43. The average molecular weight is 697 g/mol. The fourth-order valence-electron chi connectivity index (χ4n) is 5.28. The summed E-state index contributed by atoms with van der Waals surface area (Å²) in [7, 11) is 0. The van der Waals surface area contributed by atoms with Crippen molar-refractivity contribution in [2.45, 2.75) is 110 Å². The Kier molecular flexibility index (Phi) is 14.5. The van der Waals surface area contributed by atoms with E-state index in [1.807, 2.05) is 6.07 Å². The van der Waals surface area contributed by atoms with Crippen LogP contribution in [0.5, 0.6) is 5.75 Å². The summed E-state index contributed by atoms with van der Waals surface area (Å²) in [5.41, 5.74) is 1.28. The lowest BCUT2D eigenvalue weighted by molar-refractivity contribution is -0.156. The molecule has 0 spiro atoms. The van der Waals surface area contributed by atoms with E-state index in [0.717, 1.165) is 16.5 Å². The molecule has 0 saturated heterocycles. The van der Waals surface area contributed by atoms with Crippen LogP contribution in [0.15, 0.2) is 60.8 Å². The van der Waals surface area contributed by atoms with E-state index in [1.54, 1.807) is 84.1 Å². The van der Waals surface area contributed by atoms with E-state index < -0.39 is 60.3 Å². The van der Waals surface area contributed by atoms with Gasteiger partial charge in [0.1, 0.15) is 30.0 Å². The molecule has 0 aliphatic heterocycles. The van der Waals surface area contributed by atoms with Gasteiger partial charge in [-0.15, -0.1) is 0 Å². The quantitative estimate of drug-likeness (QED) is 0.0731. The Morgan fingerprint density at radius 3 is 2.16 bits per heavy atom. The second-order valence-electron chi connectivity index (χ2n) is 13.8. The Labute approximate surface area is 293 Å². The van der Waals surface area contributed by atoms with Gasteiger partial charge in [-0.3, -0.25) is 30.0 Å². The van der Waals surface area contributed by atoms with Crippen molar-refractivity contribution in [1.82, 2.24) is 26.3 Å². The highest BCUT2D eigenvalue weighted by Crippen LogP contribution is 2.20. The van der Waals surface area contributed by atoms with Crippen molar-refractivity contribution in [2.24, 2.45) is 5.92 Å². The SMILES string of the molecule is CC(=O)NC(Cc1ccc(O)cc1)C(O)NC(C(=O)NC(C)C(O)NC(CC(=O)OC(C)(C)C)C(O)Nc1ccc2ncccc2c1)C(C)C. The number of hydrogen-bond donors (Lipinski definition) is 9. The van der Waals surface area contributed by atoms with Gasteiger partial charge in [-0.25, -0.2) is 0 Å². The van der Waals surface area contributed by atoms with Crippen molar-refractivity contribution in [3.05, 3.63) is 66.4 Å². The van der Waals surface area contributed by atoms with Gasteiger partial charge in [0.15, 0.2) is 0 Å². The number of nitrogens with zero attached hydrogens (tertiary/aromatic N) is 1. The number of fused-ring (bicyclic) bond motifs is 1. The lowest BCUT2D eigenvalue weighted by Gasteiger charge is -2.33. The van der Waals surface area contributed by atoms with Crippen molar-refractivity contribution in [1.29, 1.82) is 0 Å². The Balaban J connectivity index is 1.71. The number of ether oxygens (including phenoxy) is 1. The zero-order chi connectivity index (χ0) is 37.2. The van der Waals surface area contributed by atoms with E-state index in [2.05, 4.69) is 31.6 Å². The Bertz CT molecular complexity index is 1560. The van der Waals surface area contributed by atoms with Gasteiger partial charge in [-0.1, -0.05) is 32.0 Å². The summed E-state index contributed by atoms with van der Waals surface area (Å²) < 4.78 is 5.47. The van der Waals surface area contributed by atoms with Crippen LogP contribution in [0.2, 0.25) is 0 Å². The number of aliphatic hydroxyl groups excluding tert-OH is 3. The lowest BCUT2D eigenvalue weighted by Crippen LogP contribution is -2.61. The topological polar surface area (TPSA) is 214 Å². The fraction of sp³-hybridized carbons (Fsp3) is 0.500. The molecule has 3 rings (SSSR count). The second kappa shape index (κ2) is 18.1. The highest BCUT2D eigenvalue weighted by atomic mass is 16.6. The molecular formula is C36H52N6O8. The summed E-state index contributed by atoms with van der Waals surface area (Å²) in [5.74, 6) is -1.77. The standard InChI is InChI=1S/C36H52N6O8/c1-20(2)31(42-34(48)28(39-22(4)43)17-23-10-13-26(44)14-11-23)35(49)38-21(3)32(46)41-29(19-30(45)50-36(5,6)7)33(47)40-25-12-15-27-24(18-25)9-8-16-37-27/h8-16,18,20-21,28-29,31-34,40-42,44,46-48H,17,19H2,1-7H3,(H,38,49)(H,39,43). The maximum absolute atomic E-state index is 13.5. The molecule has 274 valence electrons. The van der Waals surface area contributed by atoms with Crippen molar-refractivity contribution < 1.29 is 39.5 Å². The van der Waals surface area contributed by atoms with Crippen LogP contribution in [0.25, 0.3) is 10.9 Å². The third kappa shape index (κ3) is 12.8. The van der Waals surface area contributed by atoms with Gasteiger partial charge in [0, 0.05) is 24.2 Å². The van der Waals surface area contributed by atoms with Crippen LogP contribution >= 0.6 is 0 Å². The summed E-state index contributed by atoms with van der Waals surface area (Å²) in [5, 5.41) is 58.1. The number of anilines is 1. The van der Waals surface area contributed by atoms with Crippen molar-refractivity contribution in [3.63, 3.8) is 0 Å². The molecule has 1 heterocycles. The number of nitrogens with one attached hydrogen (secondary N) is 5. The number of aliphatic hydroxyl groups is 3. The molecule has 0 saturated carbocycles. The highest BCUT2D eigenvalue weighted by molar-refractivity contribution is 5.83. The average Bonchev–Trinajstić information content (AvgIpc) is 3.02. The van der Waals surface area contributed by atoms with Gasteiger partial charge in [0.2, 0.25) is 11.8 Å². The monoisotopic (exact) mass is 696 g/mol. The molecule has 7 unspecified atom stereocenters. The Morgan fingerprint density at radius 2 is 1.54 bits per heavy atom. The first kappa shape index (κ1) is 40.1. The van der Waals surface area contributed by atoms with Crippen LogP contribution in [0.1, 0.15) is 60.5 Å². The molecule has 14 heteroatoms. The summed E-state index contributed by atoms with van der Waals surface area (Å²) in [4.78, 5) is 42.6. The number of carbonyl (C=O) groups is 3. The van der Waals surface area contributed by atoms with E-state index in [9.17, 15) is 34.8 Å². The van der Waals surface area contributed by atoms with E-state index >= 15 is 0 Å². The summed E-state index contributed by atoms with van der Waals surface area (Å²) in [6.07, 6.45) is -2.56. The van der Waals surface area contributed by atoms with Gasteiger partial charge in [-0.05, 0) is 82.0 Å². The van der Waals surface area contributed by atoms with Gasteiger partial charge in [0.25, 0.3) is 0 Å². The van der Waals surface area contributed by atoms with E-state index in [-0.39, 0.29) is 30.4 Å². The predicted octanol–water partition coefficient (Wildman–Crippen LogP) is 1.86. The first-order chi connectivity index (χ1) is 23.4. The normalized spacial score (nSPS) is 16.1. The number of hydrogen-bond acceptors (Lipinski definition) is 12. The molecule has 0 fully saturated rings. The second-order valence-corrected chi connectivity index (χ2v) is 13.8. The first-order valence-electron chi connectivity index (χ1n) is 16.7. The molecule has 2 aromatic carbocycles. The van der Waals surface area contributed by atoms with Crippen molar-refractivity contribution in [3.8, 4) is 5.75 Å².